The highest BCUT2D eigenvalue weighted by molar-refractivity contribution is 7.24. The molecule has 4 heterocycles. The van der Waals surface area contributed by atoms with E-state index in [9.17, 15) is 0 Å². The van der Waals surface area contributed by atoms with Crippen LogP contribution in [0, 0.1) is 13.8 Å². The van der Waals surface area contributed by atoms with Gasteiger partial charge in [0.2, 0.25) is 0 Å². The number of fused-ring (bicyclic) bond motifs is 13. The first-order chi connectivity index (χ1) is 35.3. The Morgan fingerprint density at radius 3 is 1.29 bits per heavy atom. The number of hydrogen-bond donors (Lipinski definition) is 0. The molecule has 4 nitrogen and oxygen atoms in total. The monoisotopic (exact) mass is 1040 g/mol. The highest BCUT2D eigenvalue weighted by atomic mass is 32.1. The zero-order chi connectivity index (χ0) is 49.8. The molecule has 0 N–H and O–H groups in total. The summed E-state index contributed by atoms with van der Waals surface area (Å²) in [6.45, 7) is 16.4. The van der Waals surface area contributed by atoms with Crippen molar-refractivity contribution in [3.63, 3.8) is 0 Å². The van der Waals surface area contributed by atoms with Gasteiger partial charge in [0.1, 0.15) is 22.1 Å². The number of hydrogen-bond acceptors (Lipinski definition) is 8. The van der Waals surface area contributed by atoms with E-state index in [1.165, 1.54) is 267 Å². The van der Waals surface area contributed by atoms with Gasteiger partial charge < -0.3 is 0 Å². The summed E-state index contributed by atoms with van der Waals surface area (Å²) in [7, 11) is 0. The molecule has 384 valence electrons. The number of unbranched alkanes of at least 4 members (excludes halogenated alkanes) is 20. The van der Waals surface area contributed by atoms with Crippen molar-refractivity contribution in [3.8, 4) is 42.4 Å². The van der Waals surface area contributed by atoms with Crippen molar-refractivity contribution in [2.45, 2.75) is 245 Å². The lowest BCUT2D eigenvalue weighted by atomic mass is 9.68. The second-order valence-corrected chi connectivity index (χ2v) is 26.2. The number of aryl methyl sites for hydroxylation is 2. The van der Waals surface area contributed by atoms with Crippen molar-refractivity contribution < 1.29 is 0 Å². The predicted octanol–water partition coefficient (Wildman–Crippen LogP) is 21.8. The first-order valence-electron chi connectivity index (χ1n) is 29.3. The minimum absolute atomic E-state index is 0.0612. The number of nitrogens with zero attached hydrogens (tertiary/aromatic N) is 4. The molecule has 3 aliphatic carbocycles. The van der Waals surface area contributed by atoms with Crippen LogP contribution in [0.25, 0.3) is 64.5 Å². The van der Waals surface area contributed by atoms with Crippen molar-refractivity contribution in [1.29, 1.82) is 0 Å². The summed E-state index contributed by atoms with van der Waals surface area (Å²) in [6.07, 6.45) is 36.2. The Hall–Kier alpha value is -3.30. The van der Waals surface area contributed by atoms with Gasteiger partial charge in [-0.25, -0.2) is 0 Å². The molecule has 10 rings (SSSR count). The summed E-state index contributed by atoms with van der Waals surface area (Å²) in [6, 6.07) is 15.9. The maximum Gasteiger partial charge on any atom is 0.114 e. The Morgan fingerprint density at radius 2 is 0.792 bits per heavy atom. The normalized spacial score (nSPS) is 15.7. The van der Waals surface area contributed by atoms with E-state index < -0.39 is 0 Å². The molecule has 1 atom stereocenters. The van der Waals surface area contributed by atoms with Crippen LogP contribution in [-0.4, -0.2) is 17.5 Å². The van der Waals surface area contributed by atoms with Crippen LogP contribution in [0.2, 0.25) is 0 Å². The summed E-state index contributed by atoms with van der Waals surface area (Å²) in [4.78, 5) is 5.77. The van der Waals surface area contributed by atoms with Crippen LogP contribution in [0.5, 0.6) is 0 Å². The molecular formula is C64H84N4S4. The minimum Gasteiger partial charge on any atom is -0.173 e. The molecule has 3 aromatic carbocycles. The summed E-state index contributed by atoms with van der Waals surface area (Å²) in [5.74, 6) is 0.425. The molecule has 72 heavy (non-hydrogen) atoms. The molecule has 0 bridgehead atoms. The fourth-order valence-electron chi connectivity index (χ4n) is 14.0. The van der Waals surface area contributed by atoms with E-state index in [-0.39, 0.29) is 10.8 Å². The van der Waals surface area contributed by atoms with Crippen molar-refractivity contribution >= 4 is 68.2 Å². The Labute approximate surface area is 450 Å². The molecule has 8 heteroatoms. The third-order valence-electron chi connectivity index (χ3n) is 17.9. The molecule has 3 aliphatic rings. The van der Waals surface area contributed by atoms with Gasteiger partial charge in [0, 0.05) is 52.9 Å². The molecule has 0 saturated carbocycles. The maximum absolute atomic E-state index is 5.42. The van der Waals surface area contributed by atoms with Crippen LogP contribution in [-0.2, 0) is 10.8 Å². The zero-order valence-electron chi connectivity index (χ0n) is 45.3. The standard InChI is InChI=1S/C64H84N4S4/c1-8-12-16-20-24-28-32-63(33-29-25-21-17-13-9-2)50-39-48-51(38-47(50)55-52(63)36-42(5)57-59(55)67-71-65-57)64(34-30-26-22-18-14-10-3,35-31-27-23-19-15-11-4)53-40-49(58-60(56(48)53)68-72-66-58)54-41-46-44(7)45-37-43(6)69-61(45)62(46)70-54/h36-41,44H,8-35H2,1-7H3. The first kappa shape index (κ1) is 52.2. The number of rotatable bonds is 29. The first-order valence-corrected chi connectivity index (χ1v) is 32.4. The Bertz CT molecular complexity index is 2930. The molecule has 7 aromatic rings. The highest BCUT2D eigenvalue weighted by Crippen LogP contribution is 2.64. The van der Waals surface area contributed by atoms with E-state index in [0.717, 1.165) is 22.1 Å². The van der Waals surface area contributed by atoms with E-state index >= 15 is 0 Å². The van der Waals surface area contributed by atoms with E-state index in [1.54, 1.807) is 22.3 Å². The number of benzene rings is 3. The Morgan fingerprint density at radius 1 is 0.403 bits per heavy atom. The van der Waals surface area contributed by atoms with Crippen LogP contribution >= 0.6 is 46.1 Å². The predicted molar refractivity (Wildman–Crippen MR) is 316 cm³/mol. The van der Waals surface area contributed by atoms with E-state index in [2.05, 4.69) is 84.9 Å². The molecule has 1 unspecified atom stereocenters. The van der Waals surface area contributed by atoms with Gasteiger partial charge in [-0.3, -0.25) is 0 Å². The lowest BCUT2D eigenvalue weighted by Crippen LogP contribution is -2.27. The lowest BCUT2D eigenvalue weighted by Gasteiger charge is -2.35. The third-order valence-corrected chi connectivity index (χ3v) is 21.4. The smallest absolute Gasteiger partial charge is 0.114 e. The Balaban J connectivity index is 1.18. The zero-order valence-corrected chi connectivity index (χ0v) is 48.5. The molecule has 0 saturated heterocycles. The third kappa shape index (κ3) is 9.65. The topological polar surface area (TPSA) is 51.6 Å². The summed E-state index contributed by atoms with van der Waals surface area (Å²) >= 11 is 6.85. The van der Waals surface area contributed by atoms with Gasteiger partial charge in [-0.15, -0.1) is 22.7 Å². The average molecular weight is 1040 g/mol. The Kier molecular flexibility index (Phi) is 16.9. The SMILES string of the molecule is CCCCCCCCC1(CCCCCCCC)c2cc3c(cc2-c2c1cc(C)c1nsnc21)C(CCCCCCCC)(CCCCCCCC)c1cc(-c2cc4c(s2)-c2sc(C)cc2C4C)c2nsnc2c1-3. The fraction of sp³-hybridized carbons (Fsp3) is 0.594. The second kappa shape index (κ2) is 23.3. The van der Waals surface area contributed by atoms with E-state index in [4.69, 9.17) is 17.5 Å². The molecule has 0 radical (unpaired) electrons. The number of thiophene rings is 2. The van der Waals surface area contributed by atoms with Gasteiger partial charge in [-0.2, -0.15) is 17.5 Å². The van der Waals surface area contributed by atoms with Gasteiger partial charge in [0.25, 0.3) is 0 Å². The molecule has 0 fully saturated rings. The largest absolute Gasteiger partial charge is 0.173 e. The summed E-state index contributed by atoms with van der Waals surface area (Å²) in [5.41, 5.74) is 22.0. The maximum atomic E-state index is 5.42. The number of aromatic nitrogens is 4. The molecule has 0 amide bonds. The van der Waals surface area contributed by atoms with E-state index in [1.807, 2.05) is 22.7 Å². The van der Waals surface area contributed by atoms with Crippen molar-refractivity contribution in [2.24, 2.45) is 0 Å². The molecule has 0 aliphatic heterocycles. The van der Waals surface area contributed by atoms with Crippen LogP contribution in [0.1, 0.15) is 264 Å². The van der Waals surface area contributed by atoms with Crippen molar-refractivity contribution in [3.05, 3.63) is 80.2 Å². The molecular weight excluding hydrogens is 953 g/mol. The van der Waals surface area contributed by atoms with Gasteiger partial charge >= 0.3 is 0 Å². The van der Waals surface area contributed by atoms with Gasteiger partial charge in [-0.1, -0.05) is 195 Å². The van der Waals surface area contributed by atoms with Crippen LogP contribution in [0.3, 0.4) is 0 Å². The van der Waals surface area contributed by atoms with E-state index in [0.29, 0.717) is 5.92 Å². The summed E-state index contributed by atoms with van der Waals surface area (Å²) < 4.78 is 21.0. The molecule has 4 aromatic heterocycles. The summed E-state index contributed by atoms with van der Waals surface area (Å²) in [5, 5.41) is 0. The highest BCUT2D eigenvalue weighted by Gasteiger charge is 2.50. The quantitative estimate of drug-likeness (QED) is 0.0439. The fourth-order valence-corrected chi connectivity index (χ4v) is 17.8. The van der Waals surface area contributed by atoms with Crippen molar-refractivity contribution in [2.75, 3.05) is 0 Å². The molecule has 0 spiro atoms. The van der Waals surface area contributed by atoms with Crippen LogP contribution in [0.4, 0.5) is 0 Å². The van der Waals surface area contributed by atoms with Crippen LogP contribution in [0.15, 0.2) is 36.4 Å². The van der Waals surface area contributed by atoms with Gasteiger partial charge in [0.15, 0.2) is 0 Å². The minimum atomic E-state index is -0.110. The van der Waals surface area contributed by atoms with Gasteiger partial charge in [0.05, 0.1) is 23.5 Å². The van der Waals surface area contributed by atoms with Crippen molar-refractivity contribution in [1.82, 2.24) is 17.5 Å². The second-order valence-electron chi connectivity index (χ2n) is 22.8. The average Bonchev–Trinajstić information content (AvgIpc) is 4.27. The van der Waals surface area contributed by atoms with Gasteiger partial charge in [-0.05, 0) is 120 Å². The van der Waals surface area contributed by atoms with Crippen LogP contribution < -0.4 is 0 Å². The lowest BCUT2D eigenvalue weighted by molar-refractivity contribution is 0.394.